The highest BCUT2D eigenvalue weighted by Gasteiger charge is 2.32. The molecule has 0 amide bonds. The van der Waals surface area contributed by atoms with E-state index in [0.29, 0.717) is 28.2 Å². The van der Waals surface area contributed by atoms with E-state index < -0.39 is 0 Å². The SMILES string of the molecule is Cn1c(=O)c2c(-c3cccc(C#N)c3)n3c(c2n(C)c1=O)C(c1nc(Cl)cs1)CCCC3. The van der Waals surface area contributed by atoms with Gasteiger partial charge in [-0.1, -0.05) is 30.2 Å². The topological polar surface area (TPSA) is 85.6 Å². The van der Waals surface area contributed by atoms with E-state index in [9.17, 15) is 14.9 Å². The van der Waals surface area contributed by atoms with E-state index in [2.05, 4.69) is 15.6 Å². The summed E-state index contributed by atoms with van der Waals surface area (Å²) in [5.74, 6) is -0.0805. The van der Waals surface area contributed by atoms with Crippen molar-refractivity contribution < 1.29 is 0 Å². The highest BCUT2D eigenvalue weighted by molar-refractivity contribution is 7.10. The molecule has 0 radical (unpaired) electrons. The van der Waals surface area contributed by atoms with Crippen molar-refractivity contribution >= 4 is 33.8 Å². The van der Waals surface area contributed by atoms with Gasteiger partial charge in [-0.2, -0.15) is 5.26 Å². The van der Waals surface area contributed by atoms with Gasteiger partial charge in [0.05, 0.1) is 39.8 Å². The standard InChI is InChI=1S/C23H20ClN5O2S/c1-27-20-17(22(30)28(2)23(27)31)18(14-7-5-6-13(10-14)11-25)29-9-4-3-8-15(19(20)29)21-26-16(24)12-32-21/h5-7,10,12,15H,3-4,8-9H2,1-2H3. The van der Waals surface area contributed by atoms with Gasteiger partial charge in [0.1, 0.15) is 10.2 Å². The van der Waals surface area contributed by atoms with Gasteiger partial charge in [0.2, 0.25) is 0 Å². The smallest absolute Gasteiger partial charge is 0.331 e. The Morgan fingerprint density at radius 1 is 1.22 bits per heavy atom. The molecule has 0 saturated heterocycles. The first-order valence-corrected chi connectivity index (χ1v) is 11.6. The van der Waals surface area contributed by atoms with Crippen LogP contribution in [0.2, 0.25) is 5.15 Å². The predicted octanol–water partition coefficient (Wildman–Crippen LogP) is 4.00. The van der Waals surface area contributed by atoms with Crippen LogP contribution in [0.5, 0.6) is 0 Å². The molecule has 0 saturated carbocycles. The molecule has 1 aliphatic heterocycles. The van der Waals surface area contributed by atoms with Crippen LogP contribution < -0.4 is 11.2 Å². The Bertz CT molecular complexity index is 1530. The van der Waals surface area contributed by atoms with Crippen LogP contribution in [-0.2, 0) is 20.6 Å². The van der Waals surface area contributed by atoms with E-state index >= 15 is 0 Å². The minimum Gasteiger partial charge on any atom is -0.341 e. The summed E-state index contributed by atoms with van der Waals surface area (Å²) in [6, 6.07) is 9.45. The van der Waals surface area contributed by atoms with Crippen molar-refractivity contribution in [3.63, 3.8) is 0 Å². The highest BCUT2D eigenvalue weighted by Crippen LogP contribution is 2.43. The molecule has 162 valence electrons. The largest absolute Gasteiger partial charge is 0.341 e. The summed E-state index contributed by atoms with van der Waals surface area (Å²) < 4.78 is 4.87. The van der Waals surface area contributed by atoms with E-state index in [1.165, 1.54) is 18.4 Å². The predicted molar refractivity (Wildman–Crippen MR) is 125 cm³/mol. The fourth-order valence-electron chi connectivity index (χ4n) is 4.78. The summed E-state index contributed by atoms with van der Waals surface area (Å²) in [5, 5.41) is 13.1. The normalized spacial score (nSPS) is 16.0. The molecule has 4 aromatic rings. The fraction of sp³-hybridized carbons (Fsp3) is 0.304. The number of halogens is 1. The van der Waals surface area contributed by atoms with Gasteiger partial charge in [0.25, 0.3) is 5.56 Å². The second-order valence-electron chi connectivity index (χ2n) is 8.06. The maximum atomic E-state index is 13.4. The fourth-order valence-corrected chi connectivity index (χ4v) is 5.88. The Hall–Kier alpha value is -3.15. The molecular formula is C23H20ClN5O2S. The number of nitriles is 1. The van der Waals surface area contributed by atoms with Crippen LogP contribution in [0, 0.1) is 11.3 Å². The number of aromatic nitrogens is 4. The van der Waals surface area contributed by atoms with Gasteiger partial charge in [0, 0.05) is 31.6 Å². The first-order valence-electron chi connectivity index (χ1n) is 10.4. The molecule has 1 aliphatic rings. The number of thiazole rings is 1. The number of hydrogen-bond donors (Lipinski definition) is 0. The minimum atomic E-state index is -0.367. The van der Waals surface area contributed by atoms with Gasteiger partial charge >= 0.3 is 5.69 Å². The Morgan fingerprint density at radius 2 is 2.03 bits per heavy atom. The van der Waals surface area contributed by atoms with Crippen molar-refractivity contribution in [1.29, 1.82) is 5.26 Å². The third-order valence-electron chi connectivity index (χ3n) is 6.22. The molecule has 4 heterocycles. The van der Waals surface area contributed by atoms with Crippen LogP contribution in [0.4, 0.5) is 0 Å². The lowest BCUT2D eigenvalue weighted by Crippen LogP contribution is -2.37. The number of benzene rings is 1. The first-order chi connectivity index (χ1) is 15.4. The molecule has 7 nitrogen and oxygen atoms in total. The van der Waals surface area contributed by atoms with Crippen LogP contribution in [-0.4, -0.2) is 18.7 Å². The van der Waals surface area contributed by atoms with Gasteiger partial charge in [-0.05, 0) is 25.0 Å². The van der Waals surface area contributed by atoms with Crippen LogP contribution in [0.3, 0.4) is 0 Å². The zero-order valence-electron chi connectivity index (χ0n) is 17.6. The number of hydrogen-bond acceptors (Lipinski definition) is 5. The second-order valence-corrected chi connectivity index (χ2v) is 9.34. The summed E-state index contributed by atoms with van der Waals surface area (Å²) in [4.78, 5) is 30.9. The number of nitrogens with zero attached hydrogens (tertiary/aromatic N) is 5. The van der Waals surface area contributed by atoms with Crippen LogP contribution >= 0.6 is 22.9 Å². The van der Waals surface area contributed by atoms with E-state index in [1.807, 2.05) is 17.5 Å². The maximum Gasteiger partial charge on any atom is 0.331 e. The van der Waals surface area contributed by atoms with Crippen molar-refractivity contribution in [2.24, 2.45) is 14.1 Å². The van der Waals surface area contributed by atoms with Crippen LogP contribution in [0.15, 0.2) is 39.2 Å². The summed E-state index contributed by atoms with van der Waals surface area (Å²) in [5.41, 5.74) is 2.90. The molecule has 0 bridgehead atoms. The Labute approximate surface area is 192 Å². The van der Waals surface area contributed by atoms with Gasteiger partial charge in [-0.25, -0.2) is 9.78 Å². The number of fused-ring (bicyclic) bond motifs is 3. The molecule has 9 heteroatoms. The third kappa shape index (κ3) is 3.04. The average Bonchev–Trinajstić information content (AvgIpc) is 3.31. The van der Waals surface area contributed by atoms with Crippen molar-refractivity contribution in [3.8, 4) is 17.3 Å². The zero-order chi connectivity index (χ0) is 22.6. The maximum absolute atomic E-state index is 13.4. The van der Waals surface area contributed by atoms with Gasteiger partial charge < -0.3 is 4.57 Å². The minimum absolute atomic E-state index is 0.0805. The lowest BCUT2D eigenvalue weighted by Gasteiger charge is -2.16. The first kappa shape index (κ1) is 20.7. The van der Waals surface area contributed by atoms with Gasteiger partial charge in [0.15, 0.2) is 0 Å². The molecular weight excluding hydrogens is 446 g/mol. The molecule has 1 aromatic carbocycles. The summed E-state index contributed by atoms with van der Waals surface area (Å²) in [6.07, 6.45) is 2.77. The van der Waals surface area contributed by atoms with Gasteiger partial charge in [-0.3, -0.25) is 13.9 Å². The molecule has 0 N–H and O–H groups in total. The summed E-state index contributed by atoms with van der Waals surface area (Å²) in [6.45, 7) is 0.711. The average molecular weight is 466 g/mol. The van der Waals surface area contributed by atoms with Crippen molar-refractivity contribution in [2.45, 2.75) is 31.7 Å². The van der Waals surface area contributed by atoms with E-state index in [-0.39, 0.29) is 17.2 Å². The molecule has 3 aromatic heterocycles. The number of aryl methyl sites for hydroxylation is 1. The highest BCUT2D eigenvalue weighted by atomic mass is 35.5. The summed E-state index contributed by atoms with van der Waals surface area (Å²) >= 11 is 7.65. The van der Waals surface area contributed by atoms with Crippen LogP contribution in [0.25, 0.3) is 22.2 Å². The molecule has 5 rings (SSSR count). The zero-order valence-corrected chi connectivity index (χ0v) is 19.2. The van der Waals surface area contributed by atoms with Crippen molar-refractivity contribution in [1.82, 2.24) is 18.7 Å². The van der Waals surface area contributed by atoms with E-state index in [0.717, 1.165) is 45.8 Å². The molecule has 0 fully saturated rings. The Kier molecular flexibility index (Phi) is 5.03. The van der Waals surface area contributed by atoms with Crippen LogP contribution in [0.1, 0.15) is 41.4 Å². The third-order valence-corrected chi connectivity index (χ3v) is 7.50. The lowest BCUT2D eigenvalue weighted by molar-refractivity contribution is 0.633. The van der Waals surface area contributed by atoms with E-state index in [1.54, 1.807) is 23.7 Å². The molecule has 1 atom stereocenters. The molecule has 0 aliphatic carbocycles. The summed E-state index contributed by atoms with van der Waals surface area (Å²) in [7, 11) is 3.21. The lowest BCUT2D eigenvalue weighted by atomic mass is 9.99. The molecule has 0 spiro atoms. The molecule has 32 heavy (non-hydrogen) atoms. The van der Waals surface area contributed by atoms with Crippen molar-refractivity contribution in [2.75, 3.05) is 0 Å². The monoisotopic (exact) mass is 465 g/mol. The number of rotatable bonds is 2. The Morgan fingerprint density at radius 3 is 2.75 bits per heavy atom. The Balaban J connectivity index is 1.97. The quantitative estimate of drug-likeness (QED) is 0.447. The van der Waals surface area contributed by atoms with Gasteiger partial charge in [-0.15, -0.1) is 11.3 Å². The molecule has 1 unspecified atom stereocenters. The van der Waals surface area contributed by atoms with Crippen molar-refractivity contribution in [3.05, 3.63) is 71.9 Å². The second kappa shape index (κ2) is 7.76. The van der Waals surface area contributed by atoms with E-state index in [4.69, 9.17) is 11.6 Å².